The summed E-state index contributed by atoms with van der Waals surface area (Å²) < 4.78 is 0. The Morgan fingerprint density at radius 2 is 2.14 bits per heavy atom. The lowest BCUT2D eigenvalue weighted by molar-refractivity contribution is 0.0636. The van der Waals surface area contributed by atoms with Gasteiger partial charge in [-0.2, -0.15) is 0 Å². The van der Waals surface area contributed by atoms with Crippen molar-refractivity contribution in [3.05, 3.63) is 22.5 Å². The van der Waals surface area contributed by atoms with Gasteiger partial charge in [-0.15, -0.1) is 0 Å². The van der Waals surface area contributed by atoms with Crippen molar-refractivity contribution in [1.29, 1.82) is 0 Å². The molecule has 1 aliphatic heterocycles. The maximum atomic E-state index is 13.0. The van der Waals surface area contributed by atoms with Crippen molar-refractivity contribution in [2.24, 2.45) is 17.8 Å². The van der Waals surface area contributed by atoms with Crippen molar-refractivity contribution >= 4 is 5.78 Å². The predicted molar refractivity (Wildman–Crippen MR) is 85.8 cm³/mol. The zero-order valence-corrected chi connectivity index (χ0v) is 13.8. The van der Waals surface area contributed by atoms with Gasteiger partial charge in [0, 0.05) is 36.0 Å². The molecule has 1 saturated heterocycles. The Morgan fingerprint density at radius 1 is 1.38 bits per heavy atom. The number of piperidine rings is 1. The minimum Gasteiger partial charge on any atom is -0.362 e. The molecule has 3 rings (SSSR count). The molecule has 0 amide bonds. The molecule has 21 heavy (non-hydrogen) atoms. The van der Waals surface area contributed by atoms with E-state index in [2.05, 4.69) is 37.6 Å². The van der Waals surface area contributed by atoms with Crippen LogP contribution in [-0.2, 0) is 12.8 Å². The predicted octanol–water partition coefficient (Wildman–Crippen LogP) is 3.22. The van der Waals surface area contributed by atoms with Crippen LogP contribution in [0.5, 0.6) is 0 Å². The molecule has 0 unspecified atom stereocenters. The Kier molecular flexibility index (Phi) is 3.96. The van der Waals surface area contributed by atoms with Crippen molar-refractivity contribution in [2.45, 2.75) is 47.0 Å². The molecule has 0 radical (unpaired) electrons. The summed E-state index contributed by atoms with van der Waals surface area (Å²) in [6.07, 6.45) is 3.20. The summed E-state index contributed by atoms with van der Waals surface area (Å²) in [5.74, 6) is 1.87. The number of carbonyl (C=O) groups is 1. The monoisotopic (exact) mass is 288 g/mol. The second-order valence-electron chi connectivity index (χ2n) is 7.31. The molecule has 1 aromatic heterocycles. The molecule has 2 heterocycles. The van der Waals surface area contributed by atoms with E-state index in [0.717, 1.165) is 38.0 Å². The number of aryl methyl sites for hydroxylation is 1. The van der Waals surface area contributed by atoms with Crippen LogP contribution in [0.15, 0.2) is 0 Å². The van der Waals surface area contributed by atoms with E-state index in [1.54, 1.807) is 0 Å². The average molecular weight is 288 g/mol. The number of hydrogen-bond donors (Lipinski definition) is 1. The second-order valence-corrected chi connectivity index (χ2v) is 7.31. The summed E-state index contributed by atoms with van der Waals surface area (Å²) >= 11 is 0. The third-order valence-electron chi connectivity index (χ3n) is 5.26. The number of nitrogens with zero attached hydrogens (tertiary/aromatic N) is 1. The van der Waals surface area contributed by atoms with Crippen LogP contribution in [0.1, 0.15) is 54.5 Å². The minimum absolute atomic E-state index is 0.227. The first-order valence-corrected chi connectivity index (χ1v) is 8.48. The number of Topliss-reactive ketones (excluding diaryl/α,β-unsaturated/α-hetero) is 1. The molecule has 1 aliphatic carbocycles. The lowest BCUT2D eigenvalue weighted by atomic mass is 9.72. The lowest BCUT2D eigenvalue weighted by Crippen LogP contribution is -2.47. The van der Waals surface area contributed by atoms with E-state index in [0.29, 0.717) is 17.6 Å². The number of fused-ring (bicyclic) bond motifs is 2. The molecule has 1 fully saturated rings. The molecule has 3 heteroatoms. The van der Waals surface area contributed by atoms with E-state index >= 15 is 0 Å². The average Bonchev–Trinajstić information content (AvgIpc) is 2.74. The van der Waals surface area contributed by atoms with E-state index in [1.807, 2.05) is 0 Å². The van der Waals surface area contributed by atoms with Gasteiger partial charge in [-0.1, -0.05) is 20.8 Å². The van der Waals surface area contributed by atoms with Gasteiger partial charge in [-0.3, -0.25) is 4.79 Å². The number of carbonyl (C=O) groups excluding carboxylic acids is 1. The maximum Gasteiger partial charge on any atom is 0.169 e. The summed E-state index contributed by atoms with van der Waals surface area (Å²) in [7, 11) is 0. The first-order chi connectivity index (χ1) is 10.0. The van der Waals surface area contributed by atoms with Crippen LogP contribution in [0, 0.1) is 24.7 Å². The van der Waals surface area contributed by atoms with Gasteiger partial charge in [-0.05, 0) is 50.1 Å². The van der Waals surface area contributed by atoms with E-state index in [4.69, 9.17) is 0 Å². The number of nitrogens with one attached hydrogen (secondary N) is 1. The summed E-state index contributed by atoms with van der Waals surface area (Å²) in [6, 6.07) is 0. The fraction of sp³-hybridized carbons (Fsp3) is 0.722. The fourth-order valence-electron chi connectivity index (χ4n) is 4.37. The quantitative estimate of drug-likeness (QED) is 0.927. The van der Waals surface area contributed by atoms with Crippen molar-refractivity contribution in [2.75, 3.05) is 19.6 Å². The highest BCUT2D eigenvalue weighted by molar-refractivity contribution is 6.02. The Labute approximate surface area is 128 Å². The molecule has 3 nitrogen and oxygen atoms in total. The van der Waals surface area contributed by atoms with E-state index in [1.165, 1.54) is 23.4 Å². The molecule has 1 aromatic rings. The van der Waals surface area contributed by atoms with E-state index in [9.17, 15) is 4.79 Å². The summed E-state index contributed by atoms with van der Waals surface area (Å²) in [5, 5.41) is 0. The highest BCUT2D eigenvalue weighted by Crippen LogP contribution is 2.38. The Balaban J connectivity index is 1.87. The molecule has 0 spiro atoms. The van der Waals surface area contributed by atoms with Gasteiger partial charge in [0.05, 0.1) is 0 Å². The molecule has 0 saturated carbocycles. The zero-order valence-electron chi connectivity index (χ0n) is 13.8. The van der Waals surface area contributed by atoms with Crippen LogP contribution < -0.4 is 0 Å². The molecule has 2 aliphatic rings. The van der Waals surface area contributed by atoms with Crippen LogP contribution in [0.2, 0.25) is 0 Å². The third kappa shape index (κ3) is 2.57. The summed E-state index contributed by atoms with van der Waals surface area (Å²) in [4.78, 5) is 19.0. The number of aromatic nitrogens is 1. The first-order valence-electron chi connectivity index (χ1n) is 8.48. The van der Waals surface area contributed by atoms with Gasteiger partial charge in [-0.25, -0.2) is 0 Å². The molecule has 0 aromatic carbocycles. The second kappa shape index (κ2) is 5.60. The van der Waals surface area contributed by atoms with Crippen LogP contribution in [0.4, 0.5) is 0 Å². The van der Waals surface area contributed by atoms with E-state index in [-0.39, 0.29) is 5.92 Å². The number of H-pyrrole nitrogens is 1. The molecule has 1 N–H and O–H groups in total. The highest BCUT2D eigenvalue weighted by atomic mass is 16.1. The molecular weight excluding hydrogens is 260 g/mol. The number of ketones is 1. The van der Waals surface area contributed by atoms with Gasteiger partial charge in [0.25, 0.3) is 0 Å². The highest BCUT2D eigenvalue weighted by Gasteiger charge is 2.41. The van der Waals surface area contributed by atoms with Crippen LogP contribution in [0.3, 0.4) is 0 Å². The molecule has 2 atom stereocenters. The van der Waals surface area contributed by atoms with Crippen molar-refractivity contribution in [1.82, 2.24) is 9.88 Å². The molecule has 116 valence electrons. The smallest absolute Gasteiger partial charge is 0.169 e. The SMILES string of the molecule is CCc1c(C)[nH]c2c1C(=O)[C@@H]1CN(CC(C)C)CC[C@H]1C2. The van der Waals surface area contributed by atoms with Gasteiger partial charge in [0.15, 0.2) is 5.78 Å². The van der Waals surface area contributed by atoms with Gasteiger partial charge < -0.3 is 9.88 Å². The Bertz CT molecular complexity index is 544. The summed E-state index contributed by atoms with van der Waals surface area (Å²) in [5.41, 5.74) is 4.72. The molecule has 0 bridgehead atoms. The van der Waals surface area contributed by atoms with Gasteiger partial charge >= 0.3 is 0 Å². The molecular formula is C18H28N2O. The van der Waals surface area contributed by atoms with Crippen LogP contribution >= 0.6 is 0 Å². The Morgan fingerprint density at radius 3 is 2.81 bits per heavy atom. The van der Waals surface area contributed by atoms with E-state index < -0.39 is 0 Å². The minimum atomic E-state index is 0.227. The zero-order chi connectivity index (χ0) is 15.1. The fourth-order valence-corrected chi connectivity index (χ4v) is 4.37. The van der Waals surface area contributed by atoms with Crippen molar-refractivity contribution in [3.63, 3.8) is 0 Å². The number of rotatable bonds is 3. The standard InChI is InChI=1S/C18H28N2O/c1-5-14-12(4)19-16-8-13-6-7-20(9-11(2)3)10-15(13)18(21)17(14)16/h11,13,15,19H,5-10H2,1-4H3/t13-,15+/m0/s1. The van der Waals surface area contributed by atoms with Crippen LogP contribution in [0.25, 0.3) is 0 Å². The normalized spacial score (nSPS) is 26.0. The lowest BCUT2D eigenvalue weighted by Gasteiger charge is -2.40. The van der Waals surface area contributed by atoms with Crippen LogP contribution in [-0.4, -0.2) is 35.3 Å². The topological polar surface area (TPSA) is 36.1 Å². The number of hydrogen-bond acceptors (Lipinski definition) is 2. The number of likely N-dealkylation sites (tertiary alicyclic amines) is 1. The largest absolute Gasteiger partial charge is 0.362 e. The first kappa shape index (κ1) is 14.8. The maximum absolute atomic E-state index is 13.0. The third-order valence-corrected chi connectivity index (χ3v) is 5.26. The Hall–Kier alpha value is -1.09. The number of aromatic amines is 1. The summed E-state index contributed by atoms with van der Waals surface area (Å²) in [6.45, 7) is 12.0. The van der Waals surface area contributed by atoms with Crippen molar-refractivity contribution in [3.8, 4) is 0 Å². The van der Waals surface area contributed by atoms with Gasteiger partial charge in [0.2, 0.25) is 0 Å². The van der Waals surface area contributed by atoms with Crippen molar-refractivity contribution < 1.29 is 4.79 Å². The van der Waals surface area contributed by atoms with Gasteiger partial charge in [0.1, 0.15) is 0 Å².